The SMILES string of the molecule is CCN(CC(=O)NC)c1nccc(C)c1C(N)=S. The van der Waals surface area contributed by atoms with Gasteiger partial charge in [0.15, 0.2) is 0 Å². The second-order valence-electron chi connectivity index (χ2n) is 3.88. The number of rotatable bonds is 5. The molecule has 0 radical (unpaired) electrons. The maximum absolute atomic E-state index is 11.5. The third-order valence-electron chi connectivity index (χ3n) is 2.68. The van der Waals surface area contributed by atoms with Gasteiger partial charge in [-0.05, 0) is 25.5 Å². The number of nitrogens with zero attached hydrogens (tertiary/aromatic N) is 2. The van der Waals surface area contributed by atoms with Crippen LogP contribution in [0.4, 0.5) is 5.82 Å². The number of nitrogens with one attached hydrogen (secondary N) is 1. The average Bonchev–Trinajstić information content (AvgIpc) is 2.34. The van der Waals surface area contributed by atoms with E-state index in [1.54, 1.807) is 13.2 Å². The normalized spacial score (nSPS) is 9.94. The molecule has 6 heteroatoms. The van der Waals surface area contributed by atoms with Crippen molar-refractivity contribution in [1.82, 2.24) is 10.3 Å². The number of nitrogens with two attached hydrogens (primary N) is 1. The van der Waals surface area contributed by atoms with Gasteiger partial charge < -0.3 is 16.0 Å². The number of carbonyl (C=O) groups is 1. The van der Waals surface area contributed by atoms with E-state index in [0.717, 1.165) is 11.1 Å². The predicted molar refractivity (Wildman–Crippen MR) is 76.8 cm³/mol. The number of amides is 1. The standard InChI is InChI=1S/C12H18N4OS/c1-4-16(7-9(17)14-3)12-10(11(13)18)8(2)5-6-15-12/h5-6H,4,7H2,1-3H3,(H2,13,18)(H,14,17). The van der Waals surface area contributed by atoms with Crippen molar-refractivity contribution >= 4 is 28.9 Å². The lowest BCUT2D eigenvalue weighted by atomic mass is 10.1. The lowest BCUT2D eigenvalue weighted by Gasteiger charge is -2.24. The van der Waals surface area contributed by atoms with Gasteiger partial charge in [-0.3, -0.25) is 4.79 Å². The Morgan fingerprint density at radius 2 is 2.28 bits per heavy atom. The maximum Gasteiger partial charge on any atom is 0.239 e. The molecule has 98 valence electrons. The van der Waals surface area contributed by atoms with Crippen LogP contribution in [-0.4, -0.2) is 36.0 Å². The van der Waals surface area contributed by atoms with Gasteiger partial charge in [-0.2, -0.15) is 0 Å². The molecule has 18 heavy (non-hydrogen) atoms. The fraction of sp³-hybridized carbons (Fsp3) is 0.417. The summed E-state index contributed by atoms with van der Waals surface area (Å²) in [5.74, 6) is 0.586. The highest BCUT2D eigenvalue weighted by Crippen LogP contribution is 2.20. The minimum absolute atomic E-state index is 0.0750. The van der Waals surface area contributed by atoms with Crippen molar-refractivity contribution in [1.29, 1.82) is 0 Å². The number of anilines is 1. The van der Waals surface area contributed by atoms with Crippen molar-refractivity contribution in [2.75, 3.05) is 25.0 Å². The first-order valence-electron chi connectivity index (χ1n) is 5.72. The van der Waals surface area contributed by atoms with Crippen LogP contribution in [-0.2, 0) is 4.79 Å². The van der Waals surface area contributed by atoms with Crippen molar-refractivity contribution < 1.29 is 4.79 Å². The van der Waals surface area contributed by atoms with Gasteiger partial charge in [0.05, 0.1) is 12.1 Å². The third-order valence-corrected chi connectivity index (χ3v) is 2.88. The van der Waals surface area contributed by atoms with E-state index in [4.69, 9.17) is 18.0 Å². The summed E-state index contributed by atoms with van der Waals surface area (Å²) in [5, 5.41) is 2.59. The monoisotopic (exact) mass is 266 g/mol. The molecule has 1 heterocycles. The van der Waals surface area contributed by atoms with Crippen LogP contribution in [0.15, 0.2) is 12.3 Å². The van der Waals surface area contributed by atoms with Gasteiger partial charge in [-0.25, -0.2) is 4.98 Å². The molecule has 0 fully saturated rings. The number of thiocarbonyl (C=S) groups is 1. The van der Waals surface area contributed by atoms with Crippen LogP contribution in [0.2, 0.25) is 0 Å². The first-order valence-corrected chi connectivity index (χ1v) is 6.13. The van der Waals surface area contributed by atoms with Crippen molar-refractivity contribution in [2.45, 2.75) is 13.8 Å². The highest BCUT2D eigenvalue weighted by molar-refractivity contribution is 7.80. The van der Waals surface area contributed by atoms with Crippen molar-refractivity contribution in [3.05, 3.63) is 23.4 Å². The smallest absolute Gasteiger partial charge is 0.239 e. The summed E-state index contributed by atoms with van der Waals surface area (Å²) in [6, 6.07) is 1.85. The van der Waals surface area contributed by atoms with Gasteiger partial charge >= 0.3 is 0 Å². The number of aromatic nitrogens is 1. The van der Waals surface area contributed by atoms with Crippen molar-refractivity contribution in [3.8, 4) is 0 Å². The van der Waals surface area contributed by atoms with Crippen LogP contribution in [0.5, 0.6) is 0 Å². The zero-order valence-electron chi connectivity index (χ0n) is 10.9. The van der Waals surface area contributed by atoms with E-state index < -0.39 is 0 Å². The number of hydrogen-bond donors (Lipinski definition) is 2. The van der Waals surface area contributed by atoms with E-state index in [0.29, 0.717) is 17.4 Å². The molecule has 0 saturated heterocycles. The Labute approximate surface area is 112 Å². The van der Waals surface area contributed by atoms with Crippen molar-refractivity contribution in [3.63, 3.8) is 0 Å². The van der Waals surface area contributed by atoms with Gasteiger partial charge in [0.25, 0.3) is 0 Å². The predicted octanol–water partition coefficient (Wildman–Crippen LogP) is 0.597. The lowest BCUT2D eigenvalue weighted by Crippen LogP contribution is -2.37. The van der Waals surface area contributed by atoms with Crippen LogP contribution < -0.4 is 16.0 Å². The van der Waals surface area contributed by atoms with Gasteiger partial charge in [0.1, 0.15) is 10.8 Å². The number of hydrogen-bond acceptors (Lipinski definition) is 4. The largest absolute Gasteiger partial charge is 0.389 e. The van der Waals surface area contributed by atoms with E-state index in [2.05, 4.69) is 10.3 Å². The summed E-state index contributed by atoms with van der Waals surface area (Å²) in [7, 11) is 1.61. The Balaban J connectivity index is 3.17. The molecule has 0 spiro atoms. The summed E-state index contributed by atoms with van der Waals surface area (Å²) < 4.78 is 0. The molecule has 1 amide bonds. The second-order valence-corrected chi connectivity index (χ2v) is 4.32. The molecule has 3 N–H and O–H groups in total. The molecular formula is C12H18N4OS. The minimum atomic E-state index is -0.0750. The summed E-state index contributed by atoms with van der Waals surface area (Å²) in [6.07, 6.45) is 1.69. The van der Waals surface area contributed by atoms with Gasteiger partial charge in [-0.1, -0.05) is 12.2 Å². The molecule has 0 aliphatic heterocycles. The molecular weight excluding hydrogens is 248 g/mol. The fourth-order valence-corrected chi connectivity index (χ4v) is 1.93. The van der Waals surface area contributed by atoms with Crippen LogP contribution in [0, 0.1) is 6.92 Å². The summed E-state index contributed by atoms with van der Waals surface area (Å²) in [4.78, 5) is 17.9. The Hall–Kier alpha value is -1.69. The first-order chi connectivity index (χ1) is 8.51. The fourth-order valence-electron chi connectivity index (χ4n) is 1.68. The molecule has 0 unspecified atom stereocenters. The molecule has 0 aliphatic carbocycles. The summed E-state index contributed by atoms with van der Waals surface area (Å²) in [5.41, 5.74) is 7.43. The highest BCUT2D eigenvalue weighted by atomic mass is 32.1. The molecule has 0 bridgehead atoms. The Bertz CT molecular complexity index is 461. The first kappa shape index (κ1) is 14.4. The average molecular weight is 266 g/mol. The lowest BCUT2D eigenvalue weighted by molar-refractivity contribution is -0.119. The van der Waals surface area contributed by atoms with E-state index in [1.807, 2.05) is 24.8 Å². The molecule has 1 aromatic heterocycles. The minimum Gasteiger partial charge on any atom is -0.389 e. The molecule has 0 saturated carbocycles. The Kier molecular flexibility index (Phi) is 5.03. The highest BCUT2D eigenvalue weighted by Gasteiger charge is 2.17. The number of carbonyl (C=O) groups excluding carboxylic acids is 1. The Morgan fingerprint density at radius 1 is 1.61 bits per heavy atom. The van der Waals surface area contributed by atoms with Gasteiger partial charge in [0.2, 0.25) is 5.91 Å². The molecule has 1 rings (SSSR count). The second kappa shape index (κ2) is 6.30. The quantitative estimate of drug-likeness (QED) is 0.764. The van der Waals surface area contributed by atoms with Gasteiger partial charge in [0, 0.05) is 19.8 Å². The number of aryl methyl sites for hydroxylation is 1. The molecule has 0 atom stereocenters. The zero-order valence-corrected chi connectivity index (χ0v) is 11.7. The molecule has 0 aromatic carbocycles. The van der Waals surface area contributed by atoms with E-state index in [-0.39, 0.29) is 12.5 Å². The van der Waals surface area contributed by atoms with Gasteiger partial charge in [-0.15, -0.1) is 0 Å². The van der Waals surface area contributed by atoms with Crippen LogP contribution in [0.1, 0.15) is 18.1 Å². The van der Waals surface area contributed by atoms with E-state index >= 15 is 0 Å². The van der Waals surface area contributed by atoms with E-state index in [9.17, 15) is 4.79 Å². The summed E-state index contributed by atoms with van der Waals surface area (Å²) >= 11 is 5.06. The number of pyridine rings is 1. The molecule has 1 aromatic rings. The maximum atomic E-state index is 11.5. The van der Waals surface area contributed by atoms with Crippen molar-refractivity contribution in [2.24, 2.45) is 5.73 Å². The van der Waals surface area contributed by atoms with Crippen LogP contribution in [0.25, 0.3) is 0 Å². The number of likely N-dealkylation sites (N-methyl/N-ethyl adjacent to an activating group) is 2. The third kappa shape index (κ3) is 3.16. The molecule has 0 aliphatic rings. The van der Waals surface area contributed by atoms with E-state index in [1.165, 1.54) is 0 Å². The van der Waals surface area contributed by atoms with Crippen LogP contribution >= 0.6 is 12.2 Å². The topological polar surface area (TPSA) is 71.2 Å². The van der Waals surface area contributed by atoms with Crippen LogP contribution in [0.3, 0.4) is 0 Å². The summed E-state index contributed by atoms with van der Waals surface area (Å²) in [6.45, 7) is 4.77. The molecule has 5 nitrogen and oxygen atoms in total. The Morgan fingerprint density at radius 3 is 2.78 bits per heavy atom. The zero-order chi connectivity index (χ0) is 13.7.